The molecule has 130 valence electrons. The molecule has 0 amide bonds. The van der Waals surface area contributed by atoms with Gasteiger partial charge in [-0.15, -0.1) is 0 Å². The van der Waals surface area contributed by atoms with Crippen LogP contribution < -0.4 is 4.72 Å². The van der Waals surface area contributed by atoms with Crippen molar-refractivity contribution in [3.63, 3.8) is 0 Å². The summed E-state index contributed by atoms with van der Waals surface area (Å²) in [5.41, 5.74) is 0. The largest absolute Gasteiger partial charge is 0.379 e. The van der Waals surface area contributed by atoms with Gasteiger partial charge in [0.2, 0.25) is 0 Å². The van der Waals surface area contributed by atoms with E-state index in [1.165, 1.54) is 4.31 Å². The Kier molecular flexibility index (Phi) is 7.04. The third kappa shape index (κ3) is 5.75. The van der Waals surface area contributed by atoms with Gasteiger partial charge in [-0.25, -0.2) is 4.72 Å². The summed E-state index contributed by atoms with van der Waals surface area (Å²) in [6, 6.07) is 0. The fraction of sp³-hybridized carbons (Fsp3) is 1.00. The van der Waals surface area contributed by atoms with Crippen molar-refractivity contribution in [3.05, 3.63) is 0 Å². The van der Waals surface area contributed by atoms with E-state index in [-0.39, 0.29) is 18.3 Å². The lowest BCUT2D eigenvalue weighted by atomic mass is 10.2. The SMILES string of the molecule is CC1CN(S(=O)(=O)NCCCOCC2CCCO2)CC(C)O1. The molecule has 2 rings (SSSR count). The fourth-order valence-electron chi connectivity index (χ4n) is 2.78. The van der Waals surface area contributed by atoms with Gasteiger partial charge in [0.1, 0.15) is 0 Å². The van der Waals surface area contributed by atoms with Gasteiger partial charge in [-0.3, -0.25) is 0 Å². The zero-order valence-corrected chi connectivity index (χ0v) is 14.3. The lowest BCUT2D eigenvalue weighted by Gasteiger charge is -2.34. The molecule has 8 heteroatoms. The molecule has 0 aromatic heterocycles. The Balaban J connectivity index is 1.60. The normalized spacial score (nSPS) is 30.7. The van der Waals surface area contributed by atoms with E-state index in [1.807, 2.05) is 13.8 Å². The van der Waals surface area contributed by atoms with Crippen molar-refractivity contribution in [1.82, 2.24) is 9.03 Å². The van der Waals surface area contributed by atoms with Crippen LogP contribution in [0.25, 0.3) is 0 Å². The topological polar surface area (TPSA) is 77.1 Å². The van der Waals surface area contributed by atoms with E-state index < -0.39 is 10.2 Å². The zero-order valence-electron chi connectivity index (χ0n) is 13.5. The molecule has 3 unspecified atom stereocenters. The second kappa shape index (κ2) is 8.56. The molecule has 0 aromatic carbocycles. The number of hydrogen-bond acceptors (Lipinski definition) is 5. The average Bonchev–Trinajstić information content (AvgIpc) is 2.95. The molecule has 2 heterocycles. The Bertz CT molecular complexity index is 415. The van der Waals surface area contributed by atoms with Crippen LogP contribution in [-0.2, 0) is 24.4 Å². The van der Waals surface area contributed by atoms with Crippen molar-refractivity contribution in [2.45, 2.75) is 51.4 Å². The van der Waals surface area contributed by atoms with Crippen molar-refractivity contribution >= 4 is 10.2 Å². The third-order valence-corrected chi connectivity index (χ3v) is 5.35. The van der Waals surface area contributed by atoms with Gasteiger partial charge in [0.15, 0.2) is 0 Å². The minimum absolute atomic E-state index is 0.0740. The number of rotatable bonds is 8. The number of nitrogens with zero attached hydrogens (tertiary/aromatic N) is 1. The Morgan fingerprint density at radius 2 is 2.00 bits per heavy atom. The van der Waals surface area contributed by atoms with E-state index in [2.05, 4.69) is 4.72 Å². The first-order valence-electron chi connectivity index (χ1n) is 8.07. The van der Waals surface area contributed by atoms with E-state index >= 15 is 0 Å². The summed E-state index contributed by atoms with van der Waals surface area (Å²) in [5, 5.41) is 0. The molecule has 0 bridgehead atoms. The van der Waals surface area contributed by atoms with Crippen LogP contribution in [0.5, 0.6) is 0 Å². The smallest absolute Gasteiger partial charge is 0.279 e. The van der Waals surface area contributed by atoms with Gasteiger partial charge in [-0.2, -0.15) is 12.7 Å². The monoisotopic (exact) mass is 336 g/mol. The molecule has 1 N–H and O–H groups in total. The van der Waals surface area contributed by atoms with Crippen LogP contribution in [0, 0.1) is 0 Å². The van der Waals surface area contributed by atoms with E-state index in [0.29, 0.717) is 39.3 Å². The Hall–Kier alpha value is -0.250. The first kappa shape index (κ1) is 18.1. The highest BCUT2D eigenvalue weighted by Crippen LogP contribution is 2.14. The maximum atomic E-state index is 12.2. The van der Waals surface area contributed by atoms with Crippen LogP contribution >= 0.6 is 0 Å². The van der Waals surface area contributed by atoms with Crippen LogP contribution in [-0.4, -0.2) is 70.5 Å². The minimum atomic E-state index is -3.43. The summed E-state index contributed by atoms with van der Waals surface area (Å²) < 4.78 is 45.0. The van der Waals surface area contributed by atoms with Gasteiger partial charge in [0.25, 0.3) is 10.2 Å². The average molecular weight is 336 g/mol. The van der Waals surface area contributed by atoms with Gasteiger partial charge < -0.3 is 14.2 Å². The Morgan fingerprint density at radius 1 is 1.27 bits per heavy atom. The van der Waals surface area contributed by atoms with E-state index in [1.54, 1.807) is 0 Å². The van der Waals surface area contributed by atoms with Crippen molar-refractivity contribution < 1.29 is 22.6 Å². The van der Waals surface area contributed by atoms with Gasteiger partial charge >= 0.3 is 0 Å². The van der Waals surface area contributed by atoms with Crippen molar-refractivity contribution in [1.29, 1.82) is 0 Å². The number of ether oxygens (including phenoxy) is 3. The minimum Gasteiger partial charge on any atom is -0.379 e. The molecule has 2 aliphatic rings. The molecule has 2 aliphatic heterocycles. The maximum absolute atomic E-state index is 12.2. The van der Waals surface area contributed by atoms with Crippen molar-refractivity contribution in [2.75, 3.05) is 39.5 Å². The van der Waals surface area contributed by atoms with Crippen molar-refractivity contribution in [3.8, 4) is 0 Å². The quantitative estimate of drug-likeness (QED) is 0.654. The van der Waals surface area contributed by atoms with Crippen LogP contribution in [0.1, 0.15) is 33.1 Å². The standard InChI is InChI=1S/C14H28N2O5S/c1-12-9-16(10-13(2)21-12)22(17,18)15-6-4-7-19-11-14-5-3-8-20-14/h12-15H,3-11H2,1-2H3. The molecule has 3 atom stereocenters. The lowest BCUT2D eigenvalue weighted by molar-refractivity contribution is -0.0444. The summed E-state index contributed by atoms with van der Waals surface area (Å²) in [7, 11) is -3.43. The lowest BCUT2D eigenvalue weighted by Crippen LogP contribution is -2.52. The van der Waals surface area contributed by atoms with E-state index in [4.69, 9.17) is 14.2 Å². The molecular formula is C14H28N2O5S. The predicted molar refractivity (Wildman–Crippen MR) is 82.9 cm³/mol. The molecule has 2 saturated heterocycles. The van der Waals surface area contributed by atoms with E-state index in [0.717, 1.165) is 19.4 Å². The molecule has 7 nitrogen and oxygen atoms in total. The molecular weight excluding hydrogens is 308 g/mol. The highest BCUT2D eigenvalue weighted by Gasteiger charge is 2.30. The van der Waals surface area contributed by atoms with Crippen LogP contribution in [0.4, 0.5) is 0 Å². The van der Waals surface area contributed by atoms with Crippen LogP contribution in [0.15, 0.2) is 0 Å². The maximum Gasteiger partial charge on any atom is 0.279 e. The summed E-state index contributed by atoms with van der Waals surface area (Å²) >= 11 is 0. The van der Waals surface area contributed by atoms with Gasteiger partial charge in [0.05, 0.1) is 24.9 Å². The Labute approximate surface area is 133 Å². The predicted octanol–water partition coefficient (Wildman–Crippen LogP) is 0.516. The van der Waals surface area contributed by atoms with Gasteiger partial charge in [-0.05, 0) is 33.1 Å². The van der Waals surface area contributed by atoms with Gasteiger partial charge in [-0.1, -0.05) is 0 Å². The molecule has 22 heavy (non-hydrogen) atoms. The molecule has 0 spiro atoms. The summed E-state index contributed by atoms with van der Waals surface area (Å²) in [4.78, 5) is 0. The summed E-state index contributed by atoms with van der Waals surface area (Å²) in [6.07, 6.45) is 2.88. The summed E-state index contributed by atoms with van der Waals surface area (Å²) in [6.45, 7) is 6.92. The highest BCUT2D eigenvalue weighted by atomic mass is 32.2. The second-order valence-electron chi connectivity index (χ2n) is 6.04. The van der Waals surface area contributed by atoms with Crippen LogP contribution in [0.2, 0.25) is 0 Å². The third-order valence-electron chi connectivity index (χ3n) is 3.80. The zero-order chi connectivity index (χ0) is 16.0. The first-order valence-corrected chi connectivity index (χ1v) is 9.51. The molecule has 0 saturated carbocycles. The number of morpholine rings is 1. The van der Waals surface area contributed by atoms with Gasteiger partial charge in [0, 0.05) is 32.8 Å². The summed E-state index contributed by atoms with van der Waals surface area (Å²) in [5.74, 6) is 0. The van der Waals surface area contributed by atoms with Crippen molar-refractivity contribution in [2.24, 2.45) is 0 Å². The molecule has 0 aromatic rings. The molecule has 2 fully saturated rings. The highest BCUT2D eigenvalue weighted by molar-refractivity contribution is 7.87. The van der Waals surface area contributed by atoms with Crippen LogP contribution in [0.3, 0.4) is 0 Å². The number of hydrogen-bond donors (Lipinski definition) is 1. The Morgan fingerprint density at radius 3 is 2.64 bits per heavy atom. The first-order chi connectivity index (χ1) is 10.5. The number of nitrogens with one attached hydrogen (secondary N) is 1. The fourth-order valence-corrected chi connectivity index (χ4v) is 4.18. The second-order valence-corrected chi connectivity index (χ2v) is 7.79. The van der Waals surface area contributed by atoms with E-state index in [9.17, 15) is 8.42 Å². The molecule has 0 aliphatic carbocycles. The molecule has 0 radical (unpaired) electrons.